The third kappa shape index (κ3) is 3.34. The number of aryl methyl sites for hydroxylation is 3. The van der Waals surface area contributed by atoms with Crippen LogP contribution in [0.5, 0.6) is 0 Å². The molecule has 1 aliphatic carbocycles. The quantitative estimate of drug-likeness (QED) is 0.710. The first kappa shape index (κ1) is 18.1. The van der Waals surface area contributed by atoms with Crippen LogP contribution >= 0.6 is 0 Å². The van der Waals surface area contributed by atoms with Gasteiger partial charge in [-0.15, -0.1) is 0 Å². The summed E-state index contributed by atoms with van der Waals surface area (Å²) in [6.45, 7) is 2.23. The molecule has 3 aromatic heterocycles. The Morgan fingerprint density at radius 1 is 1.17 bits per heavy atom. The zero-order valence-electron chi connectivity index (χ0n) is 16.6. The minimum atomic E-state index is -0.162. The van der Waals surface area contributed by atoms with Crippen LogP contribution in [-0.4, -0.2) is 42.6 Å². The summed E-state index contributed by atoms with van der Waals surface area (Å²) in [7, 11) is 1.79. The number of hydrogen-bond acceptors (Lipinski definition) is 6. The van der Waals surface area contributed by atoms with Crippen LogP contribution in [0.1, 0.15) is 36.9 Å². The number of aromatic nitrogens is 6. The summed E-state index contributed by atoms with van der Waals surface area (Å²) in [6, 6.07) is 1.79. The summed E-state index contributed by atoms with van der Waals surface area (Å²) in [5.41, 5.74) is 2.67. The van der Waals surface area contributed by atoms with Crippen LogP contribution in [0.3, 0.4) is 0 Å². The number of aromatic amines is 1. The largest absolute Gasteiger partial charge is 0.342 e. The molecule has 1 saturated heterocycles. The molecule has 1 aliphatic heterocycles. The molecule has 0 bridgehead atoms. The van der Waals surface area contributed by atoms with Crippen LogP contribution in [0.2, 0.25) is 0 Å². The SMILES string of the molecule is Cn1ncc2c(=O)[nH]c(N3CCC(Cn4nc5c(cc4=O)CCCC5)CC3)nc21. The Balaban J connectivity index is 1.29. The number of anilines is 1. The maximum absolute atomic E-state index is 12.5. The van der Waals surface area contributed by atoms with Gasteiger partial charge in [0.2, 0.25) is 5.95 Å². The van der Waals surface area contributed by atoms with Gasteiger partial charge in [0.25, 0.3) is 11.1 Å². The van der Waals surface area contributed by atoms with Gasteiger partial charge in [0, 0.05) is 32.7 Å². The van der Waals surface area contributed by atoms with Crippen molar-refractivity contribution in [1.29, 1.82) is 0 Å². The highest BCUT2D eigenvalue weighted by atomic mass is 16.1. The number of hydrogen-bond donors (Lipinski definition) is 1. The number of rotatable bonds is 3. The van der Waals surface area contributed by atoms with Crippen molar-refractivity contribution in [3.05, 3.63) is 44.2 Å². The summed E-state index contributed by atoms with van der Waals surface area (Å²) >= 11 is 0. The lowest BCUT2D eigenvalue weighted by Gasteiger charge is -2.32. The van der Waals surface area contributed by atoms with Gasteiger partial charge in [0.05, 0.1) is 11.9 Å². The van der Waals surface area contributed by atoms with Crippen molar-refractivity contribution < 1.29 is 0 Å². The van der Waals surface area contributed by atoms with E-state index in [1.807, 2.05) is 0 Å². The summed E-state index contributed by atoms with van der Waals surface area (Å²) in [4.78, 5) is 34.3. The van der Waals surface area contributed by atoms with E-state index in [4.69, 9.17) is 0 Å². The summed E-state index contributed by atoms with van der Waals surface area (Å²) in [6.07, 6.45) is 7.66. The molecule has 0 spiro atoms. The molecule has 0 atom stereocenters. The van der Waals surface area contributed by atoms with Gasteiger partial charge in [-0.2, -0.15) is 15.2 Å². The highest BCUT2D eigenvalue weighted by Crippen LogP contribution is 2.23. The van der Waals surface area contributed by atoms with E-state index in [1.54, 1.807) is 28.7 Å². The van der Waals surface area contributed by atoms with Crippen molar-refractivity contribution >= 4 is 17.0 Å². The molecular weight excluding hydrogens is 370 g/mol. The van der Waals surface area contributed by atoms with Crippen molar-refractivity contribution in [1.82, 2.24) is 29.5 Å². The Bertz CT molecular complexity index is 1170. The molecule has 5 rings (SSSR count). The van der Waals surface area contributed by atoms with Crippen molar-refractivity contribution in [3.8, 4) is 0 Å². The second kappa shape index (κ2) is 7.13. The molecular formula is C20H25N7O2. The predicted molar refractivity (Wildman–Crippen MR) is 109 cm³/mol. The molecule has 29 heavy (non-hydrogen) atoms. The van der Waals surface area contributed by atoms with Crippen LogP contribution in [0.4, 0.5) is 5.95 Å². The Morgan fingerprint density at radius 2 is 1.97 bits per heavy atom. The van der Waals surface area contributed by atoms with Gasteiger partial charge < -0.3 is 4.90 Å². The Labute approximate surface area is 167 Å². The third-order valence-corrected chi connectivity index (χ3v) is 6.21. The first-order chi connectivity index (χ1) is 14.1. The van der Waals surface area contributed by atoms with Gasteiger partial charge in [-0.25, -0.2) is 4.68 Å². The molecule has 0 unspecified atom stereocenters. The van der Waals surface area contributed by atoms with E-state index in [1.165, 1.54) is 0 Å². The Kier molecular flexibility index (Phi) is 4.44. The molecule has 0 radical (unpaired) electrons. The van der Waals surface area contributed by atoms with Gasteiger partial charge in [0.1, 0.15) is 5.39 Å². The molecule has 2 aliphatic rings. The average Bonchev–Trinajstić information content (AvgIpc) is 3.10. The Morgan fingerprint density at radius 3 is 2.79 bits per heavy atom. The molecule has 9 nitrogen and oxygen atoms in total. The van der Waals surface area contributed by atoms with E-state index in [2.05, 4.69) is 25.1 Å². The van der Waals surface area contributed by atoms with Crippen LogP contribution in [0.15, 0.2) is 21.9 Å². The third-order valence-electron chi connectivity index (χ3n) is 6.21. The fourth-order valence-electron chi connectivity index (χ4n) is 4.47. The normalized spacial score (nSPS) is 17.6. The molecule has 1 N–H and O–H groups in total. The van der Waals surface area contributed by atoms with Crippen LogP contribution in [0.25, 0.3) is 11.0 Å². The van der Waals surface area contributed by atoms with Crippen LogP contribution in [0, 0.1) is 5.92 Å². The minimum Gasteiger partial charge on any atom is -0.342 e. The van der Waals surface area contributed by atoms with Crippen molar-refractivity contribution in [2.45, 2.75) is 45.1 Å². The van der Waals surface area contributed by atoms with E-state index in [0.29, 0.717) is 29.4 Å². The number of H-pyrrole nitrogens is 1. The van der Waals surface area contributed by atoms with E-state index in [0.717, 1.165) is 62.9 Å². The maximum Gasteiger partial charge on any atom is 0.267 e. The highest BCUT2D eigenvalue weighted by Gasteiger charge is 2.23. The lowest BCUT2D eigenvalue weighted by molar-refractivity contribution is 0.330. The molecule has 0 aromatic carbocycles. The zero-order valence-corrected chi connectivity index (χ0v) is 16.6. The van der Waals surface area contributed by atoms with Crippen LogP contribution < -0.4 is 16.0 Å². The number of fused-ring (bicyclic) bond motifs is 2. The van der Waals surface area contributed by atoms with Crippen molar-refractivity contribution in [2.75, 3.05) is 18.0 Å². The molecule has 4 heterocycles. The monoisotopic (exact) mass is 395 g/mol. The smallest absolute Gasteiger partial charge is 0.267 e. The van der Waals surface area contributed by atoms with E-state index >= 15 is 0 Å². The number of nitrogens with zero attached hydrogens (tertiary/aromatic N) is 6. The molecule has 9 heteroatoms. The second-order valence-electron chi connectivity index (χ2n) is 8.17. The minimum absolute atomic E-state index is 0.0146. The maximum atomic E-state index is 12.5. The fraction of sp³-hybridized carbons (Fsp3) is 0.550. The van der Waals surface area contributed by atoms with Crippen LogP contribution in [-0.2, 0) is 26.4 Å². The summed E-state index contributed by atoms with van der Waals surface area (Å²) in [5.74, 6) is 0.985. The second-order valence-corrected chi connectivity index (χ2v) is 8.17. The summed E-state index contributed by atoms with van der Waals surface area (Å²) in [5, 5.41) is 9.28. The van der Waals surface area contributed by atoms with Gasteiger partial charge >= 0.3 is 0 Å². The van der Waals surface area contributed by atoms with Crippen molar-refractivity contribution in [2.24, 2.45) is 13.0 Å². The fourth-order valence-corrected chi connectivity index (χ4v) is 4.47. The average molecular weight is 395 g/mol. The predicted octanol–water partition coefficient (Wildman–Crippen LogP) is 1.01. The molecule has 3 aromatic rings. The first-order valence-corrected chi connectivity index (χ1v) is 10.4. The topological polar surface area (TPSA) is 102 Å². The standard InChI is InChI=1S/C20H25N7O2/c1-25-18-15(11-21-25)19(29)23-20(22-18)26-8-6-13(7-9-26)12-27-17(28)10-14-4-2-3-5-16(14)24-27/h10-11,13H,2-9,12H2,1H3,(H,22,23,29). The number of piperidine rings is 1. The van der Waals surface area contributed by atoms with E-state index in [-0.39, 0.29) is 11.1 Å². The van der Waals surface area contributed by atoms with Crippen molar-refractivity contribution in [3.63, 3.8) is 0 Å². The lowest BCUT2D eigenvalue weighted by atomic mass is 9.96. The molecule has 0 amide bonds. The zero-order chi connectivity index (χ0) is 20.0. The van der Waals surface area contributed by atoms with E-state index in [9.17, 15) is 9.59 Å². The van der Waals surface area contributed by atoms with Gasteiger partial charge in [-0.1, -0.05) is 0 Å². The molecule has 0 saturated carbocycles. The Hall–Kier alpha value is -2.97. The lowest BCUT2D eigenvalue weighted by Crippen LogP contribution is -2.38. The number of nitrogens with one attached hydrogen (secondary N) is 1. The highest BCUT2D eigenvalue weighted by molar-refractivity contribution is 5.74. The van der Waals surface area contributed by atoms with Gasteiger partial charge in [0.15, 0.2) is 5.65 Å². The summed E-state index contributed by atoms with van der Waals surface area (Å²) < 4.78 is 3.28. The molecule has 1 fully saturated rings. The first-order valence-electron chi connectivity index (χ1n) is 10.4. The van der Waals surface area contributed by atoms with Gasteiger partial charge in [-0.05, 0) is 50.0 Å². The van der Waals surface area contributed by atoms with E-state index < -0.39 is 0 Å². The molecule has 152 valence electrons. The van der Waals surface area contributed by atoms with Gasteiger partial charge in [-0.3, -0.25) is 19.3 Å².